The van der Waals surface area contributed by atoms with Gasteiger partial charge in [0.25, 0.3) is 0 Å². The first kappa shape index (κ1) is 11.8. The van der Waals surface area contributed by atoms with Crippen LogP contribution in [-0.4, -0.2) is 17.4 Å². The highest BCUT2D eigenvalue weighted by molar-refractivity contribution is 5.90. The molecule has 0 spiro atoms. The van der Waals surface area contributed by atoms with Crippen LogP contribution < -0.4 is 4.74 Å². The van der Waals surface area contributed by atoms with Gasteiger partial charge in [-0.15, -0.1) is 13.2 Å². The quantitative estimate of drug-likeness (QED) is 0.891. The monoisotopic (exact) mass is 246 g/mol. The van der Waals surface area contributed by atoms with Crippen LogP contribution in [0.2, 0.25) is 0 Å². The van der Waals surface area contributed by atoms with E-state index >= 15 is 0 Å². The van der Waals surface area contributed by atoms with Gasteiger partial charge < -0.3 is 9.84 Å². The van der Waals surface area contributed by atoms with Crippen LogP contribution in [0.1, 0.15) is 34.7 Å². The van der Waals surface area contributed by atoms with Crippen molar-refractivity contribution in [3.8, 4) is 5.75 Å². The van der Waals surface area contributed by atoms with Crippen LogP contribution in [0.4, 0.5) is 13.2 Å². The molecule has 0 aliphatic heterocycles. The Labute approximate surface area is 94.8 Å². The molecule has 0 unspecified atom stereocenters. The van der Waals surface area contributed by atoms with Gasteiger partial charge in [0.2, 0.25) is 0 Å². The molecule has 2 rings (SSSR count). The van der Waals surface area contributed by atoms with Gasteiger partial charge in [-0.2, -0.15) is 0 Å². The summed E-state index contributed by atoms with van der Waals surface area (Å²) >= 11 is 0. The van der Waals surface area contributed by atoms with Crippen molar-refractivity contribution in [3.63, 3.8) is 0 Å². The number of hydrogen-bond acceptors (Lipinski definition) is 2. The van der Waals surface area contributed by atoms with E-state index in [1.54, 1.807) is 0 Å². The first-order chi connectivity index (χ1) is 7.87. The molecule has 3 nitrogen and oxygen atoms in total. The van der Waals surface area contributed by atoms with Crippen LogP contribution >= 0.6 is 0 Å². The zero-order chi connectivity index (χ0) is 12.6. The van der Waals surface area contributed by atoms with Crippen molar-refractivity contribution < 1.29 is 27.8 Å². The molecule has 0 heterocycles. The van der Waals surface area contributed by atoms with Gasteiger partial charge in [0.15, 0.2) is 0 Å². The number of ether oxygens (including phenoxy) is 1. The van der Waals surface area contributed by atoms with Crippen molar-refractivity contribution in [1.82, 2.24) is 0 Å². The number of halogens is 3. The van der Waals surface area contributed by atoms with E-state index in [1.807, 2.05) is 0 Å². The molecule has 1 aliphatic carbocycles. The summed E-state index contributed by atoms with van der Waals surface area (Å²) in [7, 11) is 0. The van der Waals surface area contributed by atoms with E-state index in [4.69, 9.17) is 5.11 Å². The maximum Gasteiger partial charge on any atom is 0.573 e. The van der Waals surface area contributed by atoms with Crippen molar-refractivity contribution in [2.45, 2.75) is 25.1 Å². The van der Waals surface area contributed by atoms with E-state index < -0.39 is 12.3 Å². The maximum absolute atomic E-state index is 12.0. The Morgan fingerprint density at radius 3 is 2.47 bits per heavy atom. The standard InChI is InChI=1S/C11H9F3O3/c12-11(13,14)17-7-3-4-8(10(15)16)9(5-7)6-1-2-6/h3-6H,1-2H2,(H,15,16). The maximum atomic E-state index is 12.0. The Morgan fingerprint density at radius 2 is 2.00 bits per heavy atom. The highest BCUT2D eigenvalue weighted by Crippen LogP contribution is 2.43. The van der Waals surface area contributed by atoms with E-state index in [0.29, 0.717) is 5.56 Å². The molecular weight excluding hydrogens is 237 g/mol. The highest BCUT2D eigenvalue weighted by Gasteiger charge is 2.33. The second-order valence-electron chi connectivity index (χ2n) is 3.88. The minimum Gasteiger partial charge on any atom is -0.478 e. The van der Waals surface area contributed by atoms with Gasteiger partial charge in [0, 0.05) is 0 Å². The number of rotatable bonds is 3. The number of carbonyl (C=O) groups is 1. The number of alkyl halides is 3. The van der Waals surface area contributed by atoms with Crippen molar-refractivity contribution in [1.29, 1.82) is 0 Å². The predicted molar refractivity (Wildman–Crippen MR) is 52.1 cm³/mol. The van der Waals surface area contributed by atoms with Gasteiger partial charge in [-0.05, 0) is 42.5 Å². The van der Waals surface area contributed by atoms with Crippen molar-refractivity contribution in [2.75, 3.05) is 0 Å². The predicted octanol–water partition coefficient (Wildman–Crippen LogP) is 3.16. The van der Waals surface area contributed by atoms with E-state index in [2.05, 4.69) is 4.74 Å². The second kappa shape index (κ2) is 3.94. The molecule has 6 heteroatoms. The molecule has 1 saturated carbocycles. The summed E-state index contributed by atoms with van der Waals surface area (Å²) in [5.74, 6) is -1.47. The fourth-order valence-corrected chi connectivity index (χ4v) is 1.66. The molecule has 17 heavy (non-hydrogen) atoms. The molecule has 0 radical (unpaired) electrons. The van der Waals surface area contributed by atoms with Crippen molar-refractivity contribution >= 4 is 5.97 Å². The largest absolute Gasteiger partial charge is 0.573 e. The third-order valence-corrected chi connectivity index (χ3v) is 2.50. The van der Waals surface area contributed by atoms with Gasteiger partial charge >= 0.3 is 12.3 Å². The lowest BCUT2D eigenvalue weighted by atomic mass is 10.0. The lowest BCUT2D eigenvalue weighted by molar-refractivity contribution is -0.274. The average molecular weight is 246 g/mol. The van der Waals surface area contributed by atoms with Gasteiger partial charge in [-0.3, -0.25) is 0 Å². The summed E-state index contributed by atoms with van der Waals surface area (Å²) in [6.07, 6.45) is -3.16. The molecule has 92 valence electrons. The molecule has 1 aliphatic rings. The Balaban J connectivity index is 2.32. The van der Waals surface area contributed by atoms with Crippen LogP contribution in [-0.2, 0) is 0 Å². The van der Waals surface area contributed by atoms with Crippen LogP contribution in [0.15, 0.2) is 18.2 Å². The number of carboxylic acid groups (broad SMARTS) is 1. The zero-order valence-corrected chi connectivity index (χ0v) is 8.62. The highest BCUT2D eigenvalue weighted by atomic mass is 19.4. The van der Waals surface area contributed by atoms with Crippen LogP contribution in [0.5, 0.6) is 5.75 Å². The van der Waals surface area contributed by atoms with Gasteiger partial charge in [0.1, 0.15) is 5.75 Å². The molecule has 0 saturated heterocycles. The smallest absolute Gasteiger partial charge is 0.478 e. The minimum atomic E-state index is -4.76. The molecule has 0 aromatic heterocycles. The molecule has 0 amide bonds. The molecule has 1 fully saturated rings. The number of benzene rings is 1. The van der Waals surface area contributed by atoms with Gasteiger partial charge in [0.05, 0.1) is 5.56 Å². The fourth-order valence-electron chi connectivity index (χ4n) is 1.66. The lowest BCUT2D eigenvalue weighted by Gasteiger charge is -2.11. The van der Waals surface area contributed by atoms with E-state index in [-0.39, 0.29) is 17.2 Å². The Bertz CT molecular complexity index is 450. The van der Waals surface area contributed by atoms with E-state index in [9.17, 15) is 18.0 Å². The molecule has 0 bridgehead atoms. The molecule has 1 N–H and O–H groups in total. The van der Waals surface area contributed by atoms with E-state index in [0.717, 1.165) is 31.0 Å². The third-order valence-electron chi connectivity index (χ3n) is 2.50. The first-order valence-corrected chi connectivity index (χ1v) is 5.00. The first-order valence-electron chi connectivity index (χ1n) is 5.00. The Hall–Kier alpha value is -1.72. The SMILES string of the molecule is O=C(O)c1ccc(OC(F)(F)F)cc1C1CC1. The Kier molecular flexibility index (Phi) is 2.73. The average Bonchev–Trinajstić information content (AvgIpc) is 2.97. The van der Waals surface area contributed by atoms with Gasteiger partial charge in [-0.25, -0.2) is 4.79 Å². The molecule has 0 atom stereocenters. The summed E-state index contributed by atoms with van der Waals surface area (Å²) in [4.78, 5) is 10.9. The fraction of sp³-hybridized carbons (Fsp3) is 0.364. The summed E-state index contributed by atoms with van der Waals surface area (Å²) < 4.78 is 39.8. The van der Waals surface area contributed by atoms with Crippen molar-refractivity contribution in [2.24, 2.45) is 0 Å². The third kappa shape index (κ3) is 2.89. The van der Waals surface area contributed by atoms with Crippen molar-refractivity contribution in [3.05, 3.63) is 29.3 Å². The van der Waals surface area contributed by atoms with E-state index in [1.165, 1.54) is 0 Å². The molecule has 1 aromatic rings. The number of carboxylic acids is 1. The normalized spacial score (nSPS) is 15.7. The lowest BCUT2D eigenvalue weighted by Crippen LogP contribution is -2.17. The van der Waals surface area contributed by atoms with Crippen LogP contribution in [0.25, 0.3) is 0 Å². The van der Waals surface area contributed by atoms with Gasteiger partial charge in [-0.1, -0.05) is 0 Å². The second-order valence-corrected chi connectivity index (χ2v) is 3.88. The minimum absolute atomic E-state index is 0.0397. The number of hydrogen-bond donors (Lipinski definition) is 1. The number of aromatic carboxylic acids is 1. The summed E-state index contributed by atoms with van der Waals surface area (Å²) in [6, 6.07) is 3.33. The summed E-state index contributed by atoms with van der Waals surface area (Å²) in [5.41, 5.74) is 0.460. The van der Waals surface area contributed by atoms with Crippen LogP contribution in [0.3, 0.4) is 0 Å². The zero-order valence-electron chi connectivity index (χ0n) is 8.62. The Morgan fingerprint density at radius 1 is 1.35 bits per heavy atom. The topological polar surface area (TPSA) is 46.5 Å². The molecular formula is C11H9F3O3. The summed E-state index contributed by atoms with van der Waals surface area (Å²) in [5, 5.41) is 8.90. The molecule has 1 aromatic carbocycles. The van der Waals surface area contributed by atoms with Crippen LogP contribution in [0, 0.1) is 0 Å². The summed E-state index contributed by atoms with van der Waals surface area (Å²) in [6.45, 7) is 0.